The van der Waals surface area contributed by atoms with E-state index in [0.29, 0.717) is 12.3 Å². The van der Waals surface area contributed by atoms with Gasteiger partial charge in [-0.2, -0.15) is 0 Å². The van der Waals surface area contributed by atoms with E-state index in [1.165, 1.54) is 6.20 Å². The first kappa shape index (κ1) is 12.9. The molecular weight excluding hydrogens is 231 g/mol. The molecule has 0 aromatic carbocycles. The standard InChI is InChI=1S/C11H14ClFN2O/c1-3-11(2,7-12)15-10(16)8-4-9(13)6-14-5-8/h4-6H,3,7H2,1-2H3,(H,15,16). The lowest BCUT2D eigenvalue weighted by Gasteiger charge is -2.26. The lowest BCUT2D eigenvalue weighted by molar-refractivity contribution is 0.0911. The van der Waals surface area contributed by atoms with Gasteiger partial charge in [-0.1, -0.05) is 6.92 Å². The zero-order valence-electron chi connectivity index (χ0n) is 9.26. The molecule has 1 N–H and O–H groups in total. The van der Waals surface area contributed by atoms with Crippen LogP contribution in [0.15, 0.2) is 18.5 Å². The summed E-state index contributed by atoms with van der Waals surface area (Å²) < 4.78 is 12.9. The minimum atomic E-state index is -0.531. The summed E-state index contributed by atoms with van der Waals surface area (Å²) in [6.07, 6.45) is 3.07. The van der Waals surface area contributed by atoms with E-state index >= 15 is 0 Å². The zero-order chi connectivity index (χ0) is 12.2. The van der Waals surface area contributed by atoms with Crippen LogP contribution in [0.2, 0.25) is 0 Å². The van der Waals surface area contributed by atoms with Gasteiger partial charge in [-0.15, -0.1) is 11.6 Å². The molecule has 1 aromatic rings. The second-order valence-electron chi connectivity index (χ2n) is 3.89. The largest absolute Gasteiger partial charge is 0.346 e. The summed E-state index contributed by atoms with van der Waals surface area (Å²) in [6, 6.07) is 1.15. The minimum Gasteiger partial charge on any atom is -0.346 e. The fourth-order valence-corrected chi connectivity index (χ4v) is 1.35. The van der Waals surface area contributed by atoms with Crippen molar-refractivity contribution >= 4 is 17.5 Å². The number of nitrogens with zero attached hydrogens (tertiary/aromatic N) is 1. The smallest absolute Gasteiger partial charge is 0.253 e. The highest BCUT2D eigenvalue weighted by molar-refractivity contribution is 6.18. The summed E-state index contributed by atoms with van der Waals surface area (Å²) in [6.45, 7) is 3.76. The van der Waals surface area contributed by atoms with Crippen molar-refractivity contribution in [2.24, 2.45) is 0 Å². The predicted molar refractivity (Wildman–Crippen MR) is 61.1 cm³/mol. The average Bonchev–Trinajstić information content (AvgIpc) is 2.29. The monoisotopic (exact) mass is 244 g/mol. The summed E-state index contributed by atoms with van der Waals surface area (Å²) in [5.41, 5.74) is -0.282. The number of rotatable bonds is 4. The summed E-state index contributed by atoms with van der Waals surface area (Å²) in [5, 5.41) is 2.76. The molecule has 88 valence electrons. The van der Waals surface area contributed by atoms with E-state index in [4.69, 9.17) is 11.6 Å². The van der Waals surface area contributed by atoms with Crippen molar-refractivity contribution in [1.82, 2.24) is 10.3 Å². The van der Waals surface area contributed by atoms with Crippen LogP contribution >= 0.6 is 11.6 Å². The van der Waals surface area contributed by atoms with Crippen molar-refractivity contribution in [2.45, 2.75) is 25.8 Å². The molecule has 0 aliphatic rings. The van der Waals surface area contributed by atoms with Crippen LogP contribution in [-0.2, 0) is 0 Å². The molecule has 0 spiro atoms. The third kappa shape index (κ3) is 3.17. The molecule has 1 heterocycles. The first-order chi connectivity index (χ1) is 7.50. The van der Waals surface area contributed by atoms with Crippen molar-refractivity contribution in [2.75, 3.05) is 5.88 Å². The van der Waals surface area contributed by atoms with Crippen LogP contribution in [0.5, 0.6) is 0 Å². The van der Waals surface area contributed by atoms with E-state index in [1.54, 1.807) is 0 Å². The lowest BCUT2D eigenvalue weighted by Crippen LogP contribution is -2.47. The first-order valence-corrected chi connectivity index (χ1v) is 5.53. The molecule has 3 nitrogen and oxygen atoms in total. The van der Waals surface area contributed by atoms with Crippen LogP contribution in [0.25, 0.3) is 0 Å². The van der Waals surface area contributed by atoms with Crippen LogP contribution in [-0.4, -0.2) is 22.3 Å². The Labute approximate surface area is 99.0 Å². The summed E-state index contributed by atoms with van der Waals surface area (Å²) >= 11 is 5.77. The van der Waals surface area contributed by atoms with Crippen molar-refractivity contribution in [1.29, 1.82) is 0 Å². The van der Waals surface area contributed by atoms with E-state index in [2.05, 4.69) is 10.3 Å². The highest BCUT2D eigenvalue weighted by atomic mass is 35.5. The van der Waals surface area contributed by atoms with Gasteiger partial charge in [0.05, 0.1) is 17.3 Å². The molecule has 0 saturated carbocycles. The number of amides is 1. The molecule has 16 heavy (non-hydrogen) atoms. The molecule has 1 amide bonds. The Balaban J connectivity index is 2.80. The molecule has 0 radical (unpaired) electrons. The SMILES string of the molecule is CCC(C)(CCl)NC(=O)c1cncc(F)c1. The number of hydrogen-bond donors (Lipinski definition) is 1. The number of nitrogens with one attached hydrogen (secondary N) is 1. The maximum absolute atomic E-state index is 12.9. The minimum absolute atomic E-state index is 0.199. The highest BCUT2D eigenvalue weighted by Crippen LogP contribution is 2.12. The molecule has 0 aliphatic carbocycles. The number of alkyl halides is 1. The Kier molecular flexibility index (Phi) is 4.24. The lowest BCUT2D eigenvalue weighted by atomic mass is 10.0. The van der Waals surface area contributed by atoms with Gasteiger partial charge in [0, 0.05) is 12.1 Å². The van der Waals surface area contributed by atoms with Gasteiger partial charge in [-0.3, -0.25) is 9.78 Å². The maximum atomic E-state index is 12.9. The Bertz CT molecular complexity index is 380. The second kappa shape index (κ2) is 5.25. The number of pyridine rings is 1. The molecule has 1 atom stereocenters. The van der Waals surface area contributed by atoms with Crippen molar-refractivity contribution in [3.05, 3.63) is 29.8 Å². The van der Waals surface area contributed by atoms with Gasteiger partial charge in [-0.05, 0) is 19.4 Å². The number of carbonyl (C=O) groups excluding carboxylic acids is 1. The zero-order valence-corrected chi connectivity index (χ0v) is 10.0. The molecule has 0 bridgehead atoms. The van der Waals surface area contributed by atoms with E-state index < -0.39 is 11.4 Å². The third-order valence-corrected chi connectivity index (χ3v) is 3.05. The van der Waals surface area contributed by atoms with Crippen LogP contribution in [0.1, 0.15) is 30.6 Å². The van der Waals surface area contributed by atoms with E-state index in [9.17, 15) is 9.18 Å². The number of carbonyl (C=O) groups is 1. The Morgan fingerprint density at radius 2 is 2.31 bits per heavy atom. The Morgan fingerprint density at radius 1 is 1.62 bits per heavy atom. The van der Waals surface area contributed by atoms with Gasteiger partial charge in [-0.25, -0.2) is 4.39 Å². The molecule has 0 fully saturated rings. The van der Waals surface area contributed by atoms with Gasteiger partial charge in [0.2, 0.25) is 0 Å². The summed E-state index contributed by atoms with van der Waals surface area (Å²) in [7, 11) is 0. The highest BCUT2D eigenvalue weighted by Gasteiger charge is 2.23. The molecule has 1 aromatic heterocycles. The third-order valence-electron chi connectivity index (χ3n) is 2.46. The van der Waals surface area contributed by atoms with Gasteiger partial charge >= 0.3 is 0 Å². The fourth-order valence-electron chi connectivity index (χ4n) is 1.10. The first-order valence-electron chi connectivity index (χ1n) is 5.00. The van der Waals surface area contributed by atoms with Crippen LogP contribution in [0.3, 0.4) is 0 Å². The van der Waals surface area contributed by atoms with Crippen molar-refractivity contribution in [3.8, 4) is 0 Å². The molecule has 0 aliphatic heterocycles. The molecule has 0 saturated heterocycles. The molecular formula is C11H14ClFN2O. The fraction of sp³-hybridized carbons (Fsp3) is 0.455. The van der Waals surface area contributed by atoms with E-state index in [-0.39, 0.29) is 11.5 Å². The molecule has 1 rings (SSSR count). The summed E-state index contributed by atoms with van der Waals surface area (Å²) in [5.74, 6) is -0.591. The Morgan fingerprint density at radius 3 is 2.81 bits per heavy atom. The van der Waals surface area contributed by atoms with Crippen LogP contribution < -0.4 is 5.32 Å². The number of aromatic nitrogens is 1. The average molecular weight is 245 g/mol. The van der Waals surface area contributed by atoms with Gasteiger partial charge in [0.1, 0.15) is 5.82 Å². The summed E-state index contributed by atoms with van der Waals surface area (Å²) in [4.78, 5) is 15.4. The van der Waals surface area contributed by atoms with Gasteiger partial charge in [0.25, 0.3) is 5.91 Å². The normalized spacial score (nSPS) is 14.2. The topological polar surface area (TPSA) is 42.0 Å². The molecule has 5 heteroatoms. The van der Waals surface area contributed by atoms with E-state index in [1.807, 2.05) is 13.8 Å². The van der Waals surface area contributed by atoms with Gasteiger partial charge < -0.3 is 5.32 Å². The van der Waals surface area contributed by atoms with Gasteiger partial charge in [0.15, 0.2) is 0 Å². The van der Waals surface area contributed by atoms with Crippen LogP contribution in [0.4, 0.5) is 4.39 Å². The van der Waals surface area contributed by atoms with Crippen molar-refractivity contribution < 1.29 is 9.18 Å². The van der Waals surface area contributed by atoms with Crippen molar-refractivity contribution in [3.63, 3.8) is 0 Å². The maximum Gasteiger partial charge on any atom is 0.253 e. The second-order valence-corrected chi connectivity index (χ2v) is 4.16. The van der Waals surface area contributed by atoms with Crippen LogP contribution in [0, 0.1) is 5.82 Å². The van der Waals surface area contributed by atoms with E-state index in [0.717, 1.165) is 12.3 Å². The quantitative estimate of drug-likeness (QED) is 0.827. The predicted octanol–water partition coefficient (Wildman–Crippen LogP) is 2.36. The Hall–Kier alpha value is -1.16. The number of halogens is 2. The number of hydrogen-bond acceptors (Lipinski definition) is 2. The molecule has 1 unspecified atom stereocenters.